The van der Waals surface area contributed by atoms with Crippen LogP contribution in [-0.4, -0.2) is 11.0 Å². The van der Waals surface area contributed by atoms with Gasteiger partial charge in [-0.3, -0.25) is 4.79 Å². The van der Waals surface area contributed by atoms with Crippen LogP contribution in [0, 0.1) is 11.3 Å². The Balaban J connectivity index is 3.26. The highest BCUT2D eigenvalue weighted by Crippen LogP contribution is 2.26. The van der Waals surface area contributed by atoms with E-state index in [1.54, 1.807) is 6.07 Å². The average Bonchev–Trinajstić information content (AvgIpc) is 2.01. The summed E-state index contributed by atoms with van der Waals surface area (Å²) in [6, 6.07) is 3.07. The molecule has 6 heteroatoms. The first kappa shape index (κ1) is 10.8. The van der Waals surface area contributed by atoms with Gasteiger partial charge in [0.05, 0.1) is 5.02 Å². The molecule has 0 saturated heterocycles. The van der Waals surface area contributed by atoms with Gasteiger partial charge in [0.2, 0.25) is 5.88 Å². The lowest BCUT2D eigenvalue weighted by Crippen LogP contribution is -2.05. The Kier molecular flexibility index (Phi) is 3.28. The fraction of sp³-hybridized carbons (Fsp3) is 0.125. The molecule has 1 rings (SSSR count). The molecule has 0 unspecified atom stereocenters. The summed E-state index contributed by atoms with van der Waals surface area (Å²) in [6.45, 7) is 1.19. The zero-order valence-corrected chi connectivity index (χ0v) is 8.56. The van der Waals surface area contributed by atoms with Gasteiger partial charge in [-0.1, -0.05) is 23.2 Å². The van der Waals surface area contributed by atoms with Crippen molar-refractivity contribution in [3.05, 3.63) is 21.8 Å². The normalized spacial score (nSPS) is 9.29. The van der Waals surface area contributed by atoms with Crippen molar-refractivity contribution >= 4 is 29.2 Å². The van der Waals surface area contributed by atoms with Crippen molar-refractivity contribution in [2.45, 2.75) is 6.92 Å². The summed E-state index contributed by atoms with van der Waals surface area (Å²) in [5.41, 5.74) is -0.00809. The third-order valence-electron chi connectivity index (χ3n) is 1.26. The largest absolute Gasteiger partial charge is 0.406 e. The van der Waals surface area contributed by atoms with E-state index < -0.39 is 5.97 Å². The first-order chi connectivity index (χ1) is 6.54. The standard InChI is InChI=1S/C8H4Cl2N2O2/c1-4(13)14-8-5(3-11)6(9)2-7(10)12-8/h2H,1H3. The summed E-state index contributed by atoms with van der Waals surface area (Å²) in [6.07, 6.45) is 0. The van der Waals surface area contributed by atoms with E-state index in [-0.39, 0.29) is 21.6 Å². The van der Waals surface area contributed by atoms with E-state index in [4.69, 9.17) is 28.5 Å². The molecular formula is C8H4Cl2N2O2. The number of hydrogen-bond acceptors (Lipinski definition) is 4. The van der Waals surface area contributed by atoms with Crippen LogP contribution in [-0.2, 0) is 4.79 Å². The number of nitrogens with zero attached hydrogens (tertiary/aromatic N) is 2. The number of pyridine rings is 1. The van der Waals surface area contributed by atoms with Gasteiger partial charge in [0, 0.05) is 6.92 Å². The molecular weight excluding hydrogens is 227 g/mol. The van der Waals surface area contributed by atoms with Crippen LogP contribution in [0.1, 0.15) is 12.5 Å². The Labute approximate surface area is 90.0 Å². The van der Waals surface area contributed by atoms with Gasteiger partial charge in [0.15, 0.2) is 0 Å². The number of halogens is 2. The van der Waals surface area contributed by atoms with Gasteiger partial charge in [0.25, 0.3) is 0 Å². The van der Waals surface area contributed by atoms with E-state index in [1.807, 2.05) is 0 Å². The number of nitriles is 1. The third-order valence-corrected chi connectivity index (χ3v) is 1.75. The van der Waals surface area contributed by atoms with Gasteiger partial charge in [-0.2, -0.15) is 10.2 Å². The third kappa shape index (κ3) is 2.34. The van der Waals surface area contributed by atoms with Gasteiger partial charge in [-0.15, -0.1) is 0 Å². The van der Waals surface area contributed by atoms with E-state index in [0.29, 0.717) is 0 Å². The predicted molar refractivity (Wildman–Crippen MR) is 50.3 cm³/mol. The molecule has 0 aliphatic carbocycles. The van der Waals surface area contributed by atoms with Crippen LogP contribution in [0.15, 0.2) is 6.07 Å². The van der Waals surface area contributed by atoms with E-state index in [2.05, 4.69) is 9.72 Å². The maximum Gasteiger partial charge on any atom is 0.309 e. The Morgan fingerprint density at radius 3 is 2.79 bits per heavy atom. The van der Waals surface area contributed by atoms with Crippen LogP contribution in [0.5, 0.6) is 5.88 Å². The molecule has 14 heavy (non-hydrogen) atoms. The lowest BCUT2D eigenvalue weighted by molar-refractivity contribution is -0.132. The smallest absolute Gasteiger partial charge is 0.309 e. The summed E-state index contributed by atoms with van der Waals surface area (Å²) < 4.78 is 4.66. The molecule has 0 saturated carbocycles. The minimum atomic E-state index is -0.590. The molecule has 0 radical (unpaired) electrons. The first-order valence-corrected chi connectivity index (χ1v) is 4.24. The summed E-state index contributed by atoms with van der Waals surface area (Å²) in [5, 5.41) is 8.86. The van der Waals surface area contributed by atoms with Crippen LogP contribution in [0.2, 0.25) is 10.2 Å². The van der Waals surface area contributed by atoms with Crippen molar-refractivity contribution in [3.8, 4) is 11.9 Å². The lowest BCUT2D eigenvalue weighted by Gasteiger charge is -2.03. The molecule has 0 atom stereocenters. The average molecular weight is 231 g/mol. The molecule has 1 heterocycles. The molecule has 72 valence electrons. The van der Waals surface area contributed by atoms with Gasteiger partial charge in [-0.25, -0.2) is 0 Å². The Bertz CT molecular complexity index is 426. The number of esters is 1. The second-order valence-corrected chi connectivity index (χ2v) is 3.11. The molecule has 0 aliphatic rings. The van der Waals surface area contributed by atoms with Crippen molar-refractivity contribution in [1.82, 2.24) is 4.98 Å². The van der Waals surface area contributed by atoms with Crippen LogP contribution >= 0.6 is 23.2 Å². The van der Waals surface area contributed by atoms with Crippen molar-refractivity contribution in [3.63, 3.8) is 0 Å². The van der Waals surface area contributed by atoms with Gasteiger partial charge >= 0.3 is 5.97 Å². The second-order valence-electron chi connectivity index (χ2n) is 2.31. The summed E-state index contributed by atoms with van der Waals surface area (Å²) in [4.78, 5) is 14.3. The number of hydrogen-bond donors (Lipinski definition) is 0. The molecule has 0 amide bonds. The summed E-state index contributed by atoms with van der Waals surface area (Å²) in [5.74, 6) is -0.759. The van der Waals surface area contributed by atoms with E-state index in [0.717, 1.165) is 0 Å². The first-order valence-electron chi connectivity index (χ1n) is 3.49. The maximum absolute atomic E-state index is 10.6. The number of carbonyl (C=O) groups excluding carboxylic acids is 1. The SMILES string of the molecule is CC(=O)Oc1nc(Cl)cc(Cl)c1C#N. The van der Waals surface area contributed by atoms with E-state index in [9.17, 15) is 4.79 Å². The zero-order valence-electron chi connectivity index (χ0n) is 7.04. The van der Waals surface area contributed by atoms with Crippen molar-refractivity contribution in [2.24, 2.45) is 0 Å². The molecule has 0 bridgehead atoms. The fourth-order valence-electron chi connectivity index (χ4n) is 0.775. The topological polar surface area (TPSA) is 63.0 Å². The van der Waals surface area contributed by atoms with E-state index >= 15 is 0 Å². The van der Waals surface area contributed by atoms with E-state index in [1.165, 1.54) is 13.0 Å². The highest BCUT2D eigenvalue weighted by atomic mass is 35.5. The fourth-order valence-corrected chi connectivity index (χ4v) is 1.24. The summed E-state index contributed by atoms with van der Waals surface area (Å²) in [7, 11) is 0. The minimum absolute atomic E-state index is 0.00809. The molecule has 0 fully saturated rings. The van der Waals surface area contributed by atoms with Gasteiger partial charge < -0.3 is 4.74 Å². The minimum Gasteiger partial charge on any atom is -0.406 e. The highest BCUT2D eigenvalue weighted by molar-refractivity contribution is 6.34. The number of aromatic nitrogens is 1. The molecule has 0 N–H and O–H groups in total. The quantitative estimate of drug-likeness (QED) is 0.548. The number of ether oxygens (including phenoxy) is 1. The van der Waals surface area contributed by atoms with Crippen molar-refractivity contribution in [1.29, 1.82) is 5.26 Å². The van der Waals surface area contributed by atoms with Crippen LogP contribution < -0.4 is 4.74 Å². The Hall–Kier alpha value is -1.31. The van der Waals surface area contributed by atoms with Crippen LogP contribution in [0.25, 0.3) is 0 Å². The maximum atomic E-state index is 10.6. The second kappa shape index (κ2) is 4.27. The molecule has 1 aromatic heterocycles. The zero-order chi connectivity index (χ0) is 10.7. The monoisotopic (exact) mass is 230 g/mol. The summed E-state index contributed by atoms with van der Waals surface area (Å²) >= 11 is 11.2. The number of carbonyl (C=O) groups is 1. The molecule has 4 nitrogen and oxygen atoms in total. The van der Waals surface area contributed by atoms with Gasteiger partial charge in [0.1, 0.15) is 16.8 Å². The van der Waals surface area contributed by atoms with Crippen LogP contribution in [0.4, 0.5) is 0 Å². The van der Waals surface area contributed by atoms with Gasteiger partial charge in [-0.05, 0) is 6.07 Å². The Morgan fingerprint density at radius 2 is 2.29 bits per heavy atom. The highest BCUT2D eigenvalue weighted by Gasteiger charge is 2.13. The molecule has 0 aliphatic heterocycles. The number of rotatable bonds is 1. The Morgan fingerprint density at radius 1 is 1.64 bits per heavy atom. The molecule has 1 aromatic rings. The lowest BCUT2D eigenvalue weighted by atomic mass is 10.3. The van der Waals surface area contributed by atoms with Crippen molar-refractivity contribution in [2.75, 3.05) is 0 Å². The van der Waals surface area contributed by atoms with Crippen LogP contribution in [0.3, 0.4) is 0 Å². The predicted octanol–water partition coefficient (Wildman–Crippen LogP) is 2.19. The van der Waals surface area contributed by atoms with Crippen molar-refractivity contribution < 1.29 is 9.53 Å². The molecule has 0 aromatic carbocycles. The molecule has 0 spiro atoms.